The van der Waals surface area contributed by atoms with Crippen LogP contribution in [0.4, 0.5) is 19.0 Å². The Balaban J connectivity index is 1.46. The molecule has 1 aromatic rings. The van der Waals surface area contributed by atoms with E-state index in [-0.39, 0.29) is 22.9 Å². The molecule has 5 nitrogen and oxygen atoms in total. The average Bonchev–Trinajstić information content (AvgIpc) is 2.72. The minimum absolute atomic E-state index is 0.0115. The number of rotatable bonds is 6. The lowest BCUT2D eigenvalue weighted by Gasteiger charge is -2.35. The van der Waals surface area contributed by atoms with E-state index in [1.54, 1.807) is 0 Å². The van der Waals surface area contributed by atoms with Crippen molar-refractivity contribution in [3.8, 4) is 0 Å². The second kappa shape index (κ2) is 10.2. The van der Waals surface area contributed by atoms with Crippen LogP contribution in [-0.4, -0.2) is 54.6 Å². The van der Waals surface area contributed by atoms with Gasteiger partial charge in [-0.25, -0.2) is 4.98 Å². The summed E-state index contributed by atoms with van der Waals surface area (Å²) in [6.45, 7) is 6.48. The SMILES string of the molecule is CCCCN1CCC(NC(=O)C2CCN(c3ncc(C(F)(F)F)cc3Cl)CC2)CC1. The van der Waals surface area contributed by atoms with Gasteiger partial charge in [-0.2, -0.15) is 13.2 Å². The molecule has 3 rings (SSSR count). The van der Waals surface area contributed by atoms with E-state index in [4.69, 9.17) is 11.6 Å². The van der Waals surface area contributed by atoms with Crippen molar-refractivity contribution in [1.29, 1.82) is 0 Å². The fourth-order valence-corrected chi connectivity index (χ4v) is 4.46. The number of anilines is 1. The molecule has 168 valence electrons. The van der Waals surface area contributed by atoms with E-state index in [1.807, 2.05) is 4.90 Å². The minimum Gasteiger partial charge on any atom is -0.355 e. The van der Waals surface area contributed by atoms with Crippen molar-refractivity contribution in [3.63, 3.8) is 0 Å². The molecular weight excluding hydrogens is 417 g/mol. The summed E-state index contributed by atoms with van der Waals surface area (Å²) in [6, 6.07) is 1.15. The van der Waals surface area contributed by atoms with E-state index < -0.39 is 11.7 Å². The van der Waals surface area contributed by atoms with Crippen molar-refractivity contribution in [1.82, 2.24) is 15.2 Å². The predicted molar refractivity (Wildman–Crippen MR) is 112 cm³/mol. The van der Waals surface area contributed by atoms with Gasteiger partial charge >= 0.3 is 6.18 Å². The van der Waals surface area contributed by atoms with Gasteiger partial charge in [-0.3, -0.25) is 4.79 Å². The topological polar surface area (TPSA) is 48.5 Å². The zero-order valence-electron chi connectivity index (χ0n) is 17.3. The van der Waals surface area contributed by atoms with Gasteiger partial charge in [-0.1, -0.05) is 24.9 Å². The Bertz CT molecular complexity index is 715. The van der Waals surface area contributed by atoms with Crippen LogP contribution in [0.5, 0.6) is 0 Å². The monoisotopic (exact) mass is 446 g/mol. The second-order valence-corrected chi connectivity index (χ2v) is 8.67. The molecule has 2 aliphatic heterocycles. The molecule has 30 heavy (non-hydrogen) atoms. The number of halogens is 4. The number of carbonyl (C=O) groups is 1. The number of aromatic nitrogens is 1. The first-order valence-corrected chi connectivity index (χ1v) is 11.2. The standard InChI is InChI=1S/C21H30ClF3N4O/c1-2-3-8-28-9-6-17(7-10-28)27-20(30)15-4-11-29(12-5-15)19-18(22)13-16(14-26-19)21(23,24)25/h13-15,17H,2-12H2,1H3,(H,27,30). The molecule has 0 aliphatic carbocycles. The molecule has 0 bridgehead atoms. The number of carbonyl (C=O) groups excluding carboxylic acids is 1. The molecule has 0 aromatic carbocycles. The molecule has 0 spiro atoms. The number of alkyl halides is 3. The molecule has 2 fully saturated rings. The molecule has 0 saturated carbocycles. The number of pyridine rings is 1. The van der Waals surface area contributed by atoms with Crippen molar-refractivity contribution in [2.24, 2.45) is 5.92 Å². The van der Waals surface area contributed by atoms with Crippen LogP contribution in [0.15, 0.2) is 12.3 Å². The molecule has 0 radical (unpaired) electrons. The molecule has 1 amide bonds. The van der Waals surface area contributed by atoms with Crippen LogP contribution in [0.25, 0.3) is 0 Å². The minimum atomic E-state index is -4.47. The lowest BCUT2D eigenvalue weighted by Crippen LogP contribution is -2.48. The second-order valence-electron chi connectivity index (χ2n) is 8.27. The quantitative estimate of drug-likeness (QED) is 0.705. The lowest BCUT2D eigenvalue weighted by atomic mass is 9.94. The highest BCUT2D eigenvalue weighted by molar-refractivity contribution is 6.33. The fraction of sp³-hybridized carbons (Fsp3) is 0.714. The highest BCUT2D eigenvalue weighted by atomic mass is 35.5. The molecule has 1 aromatic heterocycles. The van der Waals surface area contributed by atoms with Gasteiger partial charge in [0.15, 0.2) is 0 Å². The van der Waals surface area contributed by atoms with Crippen LogP contribution in [0.2, 0.25) is 5.02 Å². The third kappa shape index (κ3) is 6.00. The Morgan fingerprint density at radius 2 is 1.87 bits per heavy atom. The number of hydrogen-bond donors (Lipinski definition) is 1. The largest absolute Gasteiger partial charge is 0.417 e. The van der Waals surface area contributed by atoms with Crippen molar-refractivity contribution < 1.29 is 18.0 Å². The number of nitrogens with one attached hydrogen (secondary N) is 1. The molecule has 9 heteroatoms. The van der Waals surface area contributed by atoms with Crippen LogP contribution < -0.4 is 10.2 Å². The Morgan fingerprint density at radius 1 is 1.20 bits per heavy atom. The van der Waals surface area contributed by atoms with Crippen LogP contribution in [0.1, 0.15) is 51.0 Å². The molecule has 0 atom stereocenters. The summed E-state index contributed by atoms with van der Waals surface area (Å²) < 4.78 is 38.4. The third-order valence-corrected chi connectivity index (χ3v) is 6.35. The van der Waals surface area contributed by atoms with Crippen LogP contribution in [0, 0.1) is 5.92 Å². The van der Waals surface area contributed by atoms with Gasteiger partial charge in [-0.15, -0.1) is 0 Å². The maximum absolute atomic E-state index is 12.8. The van der Waals surface area contributed by atoms with Crippen LogP contribution >= 0.6 is 11.6 Å². The number of unbranched alkanes of at least 4 members (excludes halogenated alkanes) is 1. The van der Waals surface area contributed by atoms with Crippen molar-refractivity contribution >= 4 is 23.3 Å². The Hall–Kier alpha value is -1.54. The summed E-state index contributed by atoms with van der Waals surface area (Å²) in [4.78, 5) is 20.9. The van der Waals surface area contributed by atoms with E-state index in [2.05, 4.69) is 22.1 Å². The lowest BCUT2D eigenvalue weighted by molar-refractivity contribution is -0.137. The number of hydrogen-bond acceptors (Lipinski definition) is 4. The van der Waals surface area contributed by atoms with Crippen molar-refractivity contribution in [2.45, 2.75) is 57.7 Å². The molecular formula is C21H30ClF3N4O. The maximum atomic E-state index is 12.8. The number of likely N-dealkylation sites (tertiary alicyclic amines) is 1. The number of amides is 1. The zero-order valence-corrected chi connectivity index (χ0v) is 18.1. The summed E-state index contributed by atoms with van der Waals surface area (Å²) in [5.41, 5.74) is -0.855. The van der Waals surface area contributed by atoms with Crippen molar-refractivity contribution in [3.05, 3.63) is 22.8 Å². The van der Waals surface area contributed by atoms with E-state index in [1.165, 1.54) is 12.8 Å². The first-order chi connectivity index (χ1) is 14.3. The van der Waals surface area contributed by atoms with E-state index >= 15 is 0 Å². The highest BCUT2D eigenvalue weighted by Crippen LogP contribution is 2.34. The Labute approximate surface area is 181 Å². The van der Waals surface area contributed by atoms with Gasteiger partial charge in [0.05, 0.1) is 10.6 Å². The molecule has 0 unspecified atom stereocenters. The molecule has 3 heterocycles. The van der Waals surface area contributed by atoms with Crippen LogP contribution in [0.3, 0.4) is 0 Å². The summed E-state index contributed by atoms with van der Waals surface area (Å²) >= 11 is 6.05. The smallest absolute Gasteiger partial charge is 0.355 e. The Morgan fingerprint density at radius 3 is 2.43 bits per heavy atom. The maximum Gasteiger partial charge on any atom is 0.417 e. The fourth-order valence-electron chi connectivity index (χ4n) is 4.17. The van der Waals surface area contributed by atoms with E-state index in [9.17, 15) is 18.0 Å². The van der Waals surface area contributed by atoms with Gasteiger partial charge in [0.25, 0.3) is 0 Å². The van der Waals surface area contributed by atoms with Gasteiger partial charge in [0.1, 0.15) is 5.82 Å². The van der Waals surface area contributed by atoms with Gasteiger partial charge < -0.3 is 15.1 Å². The molecule has 2 saturated heterocycles. The normalized spacial score (nSPS) is 19.8. The Kier molecular flexibility index (Phi) is 7.85. The molecule has 2 aliphatic rings. The average molecular weight is 447 g/mol. The third-order valence-electron chi connectivity index (χ3n) is 6.08. The number of piperidine rings is 2. The summed E-state index contributed by atoms with van der Waals surface area (Å²) in [5.74, 6) is 0.365. The number of nitrogens with zero attached hydrogens (tertiary/aromatic N) is 3. The van der Waals surface area contributed by atoms with Gasteiger partial charge in [-0.05, 0) is 44.7 Å². The predicted octanol–water partition coefficient (Wildman–Crippen LogP) is 4.35. The van der Waals surface area contributed by atoms with Gasteiger partial charge in [0.2, 0.25) is 5.91 Å². The summed E-state index contributed by atoms with van der Waals surface area (Å²) in [7, 11) is 0. The summed E-state index contributed by atoms with van der Waals surface area (Å²) in [5, 5.41) is 3.19. The first-order valence-electron chi connectivity index (χ1n) is 10.8. The van der Waals surface area contributed by atoms with Gasteiger partial charge in [0, 0.05) is 44.3 Å². The zero-order chi connectivity index (χ0) is 21.7. The summed E-state index contributed by atoms with van der Waals surface area (Å²) in [6.07, 6.45) is 2.01. The van der Waals surface area contributed by atoms with E-state index in [0.29, 0.717) is 31.7 Å². The van der Waals surface area contributed by atoms with E-state index in [0.717, 1.165) is 44.7 Å². The van der Waals surface area contributed by atoms with Crippen molar-refractivity contribution in [2.75, 3.05) is 37.6 Å². The highest BCUT2D eigenvalue weighted by Gasteiger charge is 2.33. The molecule has 1 N–H and O–H groups in total. The van der Waals surface area contributed by atoms with Crippen LogP contribution in [-0.2, 0) is 11.0 Å². The first kappa shape index (κ1) is 23.1.